The topological polar surface area (TPSA) is 20.2 Å². The summed E-state index contributed by atoms with van der Waals surface area (Å²) < 4.78 is 0. The Morgan fingerprint density at radius 2 is 1.89 bits per heavy atom. The van der Waals surface area contributed by atoms with E-state index in [0.29, 0.717) is 0 Å². The van der Waals surface area contributed by atoms with E-state index in [4.69, 9.17) is 0 Å². The monoisotopic (exact) mass is 126 g/mol. The highest BCUT2D eigenvalue weighted by atomic mass is 16.3. The molecule has 0 heterocycles. The lowest BCUT2D eigenvalue weighted by Gasteiger charge is -2.09. The van der Waals surface area contributed by atoms with E-state index in [2.05, 4.69) is 12.2 Å². The van der Waals surface area contributed by atoms with E-state index in [1.54, 1.807) is 0 Å². The molecule has 0 amide bonds. The molecular weight excluding hydrogens is 112 g/mol. The summed E-state index contributed by atoms with van der Waals surface area (Å²) in [5.74, 6) is 0. The Kier molecular flexibility index (Phi) is 2.78. The van der Waals surface area contributed by atoms with Crippen LogP contribution in [-0.4, -0.2) is 11.2 Å². The Balaban J connectivity index is 2.27. The van der Waals surface area contributed by atoms with Gasteiger partial charge in [-0.05, 0) is 32.1 Å². The first-order chi connectivity index (χ1) is 4.39. The molecule has 0 spiro atoms. The minimum Gasteiger partial charge on any atom is -0.393 e. The highest BCUT2D eigenvalue weighted by Crippen LogP contribution is 2.11. The minimum absolute atomic E-state index is 0.0325. The smallest absolute Gasteiger partial charge is 0.0543 e. The van der Waals surface area contributed by atoms with Crippen LogP contribution < -0.4 is 0 Å². The summed E-state index contributed by atoms with van der Waals surface area (Å²) in [7, 11) is 0. The highest BCUT2D eigenvalue weighted by Gasteiger charge is 2.02. The predicted molar refractivity (Wildman–Crippen MR) is 38.2 cm³/mol. The second-order valence-electron chi connectivity index (χ2n) is 2.63. The van der Waals surface area contributed by atoms with Crippen molar-refractivity contribution in [2.24, 2.45) is 0 Å². The molecule has 0 aromatic carbocycles. The van der Waals surface area contributed by atoms with Crippen molar-refractivity contribution in [2.45, 2.75) is 38.2 Å². The molecule has 1 aliphatic carbocycles. The van der Waals surface area contributed by atoms with E-state index >= 15 is 0 Å². The van der Waals surface area contributed by atoms with Gasteiger partial charge in [0.2, 0.25) is 0 Å². The number of aliphatic hydroxyl groups excluding tert-OH is 1. The Morgan fingerprint density at radius 3 is 2.78 bits per heavy atom. The normalized spacial score (nSPS) is 32.8. The van der Waals surface area contributed by atoms with Crippen molar-refractivity contribution in [3.8, 4) is 0 Å². The van der Waals surface area contributed by atoms with Crippen molar-refractivity contribution in [3.05, 3.63) is 12.2 Å². The van der Waals surface area contributed by atoms with Crippen LogP contribution in [-0.2, 0) is 0 Å². The fraction of sp³-hybridized carbons (Fsp3) is 0.750. The molecule has 0 radical (unpaired) electrons. The molecule has 0 fully saturated rings. The second kappa shape index (κ2) is 3.67. The van der Waals surface area contributed by atoms with Crippen molar-refractivity contribution in [2.75, 3.05) is 0 Å². The molecule has 1 unspecified atom stereocenters. The quantitative estimate of drug-likeness (QED) is 0.491. The molecule has 9 heavy (non-hydrogen) atoms. The zero-order valence-electron chi connectivity index (χ0n) is 5.71. The zero-order valence-corrected chi connectivity index (χ0v) is 5.71. The van der Waals surface area contributed by atoms with Gasteiger partial charge in [-0.3, -0.25) is 0 Å². The summed E-state index contributed by atoms with van der Waals surface area (Å²) in [6.07, 6.45) is 9.65. The summed E-state index contributed by atoms with van der Waals surface area (Å²) in [4.78, 5) is 0. The van der Waals surface area contributed by atoms with Gasteiger partial charge >= 0.3 is 0 Å². The minimum atomic E-state index is -0.0325. The van der Waals surface area contributed by atoms with Crippen LogP contribution in [0.3, 0.4) is 0 Å². The lowest BCUT2D eigenvalue weighted by atomic mass is 10.0. The van der Waals surface area contributed by atoms with Crippen molar-refractivity contribution in [1.82, 2.24) is 0 Å². The van der Waals surface area contributed by atoms with Gasteiger partial charge in [-0.15, -0.1) is 0 Å². The van der Waals surface area contributed by atoms with Crippen LogP contribution in [0.2, 0.25) is 0 Å². The van der Waals surface area contributed by atoms with Gasteiger partial charge in [-0.2, -0.15) is 0 Å². The van der Waals surface area contributed by atoms with Crippen molar-refractivity contribution >= 4 is 0 Å². The molecule has 0 aliphatic heterocycles. The van der Waals surface area contributed by atoms with Crippen molar-refractivity contribution in [3.63, 3.8) is 0 Å². The van der Waals surface area contributed by atoms with Gasteiger partial charge in [0.25, 0.3) is 0 Å². The zero-order chi connectivity index (χ0) is 6.53. The number of allylic oxidation sites excluding steroid dienone is 2. The predicted octanol–water partition coefficient (Wildman–Crippen LogP) is 1.87. The molecule has 1 atom stereocenters. The van der Waals surface area contributed by atoms with Gasteiger partial charge in [0.1, 0.15) is 0 Å². The first kappa shape index (κ1) is 6.81. The van der Waals surface area contributed by atoms with Gasteiger partial charge in [-0.1, -0.05) is 12.2 Å². The molecule has 1 rings (SSSR count). The summed E-state index contributed by atoms with van der Waals surface area (Å²) in [5.41, 5.74) is 0. The highest BCUT2D eigenvalue weighted by molar-refractivity contribution is 4.84. The maximum atomic E-state index is 9.18. The summed E-state index contributed by atoms with van der Waals surface area (Å²) >= 11 is 0. The van der Waals surface area contributed by atoms with Gasteiger partial charge in [0.15, 0.2) is 0 Å². The molecule has 1 N–H and O–H groups in total. The summed E-state index contributed by atoms with van der Waals surface area (Å²) in [5, 5.41) is 9.18. The first-order valence-electron chi connectivity index (χ1n) is 3.72. The average Bonchev–Trinajstić information content (AvgIpc) is 1.79. The fourth-order valence-corrected chi connectivity index (χ4v) is 1.14. The largest absolute Gasteiger partial charge is 0.393 e. The number of hydrogen-bond acceptors (Lipinski definition) is 1. The van der Waals surface area contributed by atoms with Gasteiger partial charge in [0, 0.05) is 0 Å². The summed E-state index contributed by atoms with van der Waals surface area (Å²) in [6.45, 7) is 0. The standard InChI is InChI=1S/C8H14O/c9-8-6-4-2-1-3-5-7-8/h1-2,8-9H,3-7H2/b2-1+. The maximum absolute atomic E-state index is 9.18. The van der Waals surface area contributed by atoms with Crippen LogP contribution in [0.5, 0.6) is 0 Å². The molecular formula is C8H14O. The van der Waals surface area contributed by atoms with Crippen LogP contribution in [0.15, 0.2) is 12.2 Å². The second-order valence-corrected chi connectivity index (χ2v) is 2.63. The first-order valence-corrected chi connectivity index (χ1v) is 3.72. The van der Waals surface area contributed by atoms with Crippen LogP contribution in [0.1, 0.15) is 32.1 Å². The Hall–Kier alpha value is -0.300. The van der Waals surface area contributed by atoms with E-state index in [-0.39, 0.29) is 6.10 Å². The van der Waals surface area contributed by atoms with E-state index in [0.717, 1.165) is 32.1 Å². The van der Waals surface area contributed by atoms with Gasteiger partial charge < -0.3 is 5.11 Å². The van der Waals surface area contributed by atoms with Crippen LogP contribution in [0, 0.1) is 0 Å². The lowest BCUT2D eigenvalue weighted by molar-refractivity contribution is 0.152. The third-order valence-corrected chi connectivity index (χ3v) is 1.74. The molecule has 0 saturated carbocycles. The Bertz CT molecular complexity index is 96.7. The third kappa shape index (κ3) is 2.66. The molecule has 1 aliphatic rings. The van der Waals surface area contributed by atoms with Crippen LogP contribution >= 0.6 is 0 Å². The molecule has 0 aromatic heterocycles. The van der Waals surface area contributed by atoms with E-state index in [1.165, 1.54) is 0 Å². The van der Waals surface area contributed by atoms with Gasteiger partial charge in [0.05, 0.1) is 6.10 Å². The van der Waals surface area contributed by atoms with E-state index < -0.39 is 0 Å². The molecule has 1 heteroatoms. The van der Waals surface area contributed by atoms with Crippen LogP contribution in [0.25, 0.3) is 0 Å². The fourth-order valence-electron chi connectivity index (χ4n) is 1.14. The number of rotatable bonds is 0. The lowest BCUT2D eigenvalue weighted by Crippen LogP contribution is -2.06. The third-order valence-electron chi connectivity index (χ3n) is 1.74. The van der Waals surface area contributed by atoms with Crippen molar-refractivity contribution < 1.29 is 5.11 Å². The number of hydrogen-bond donors (Lipinski definition) is 1. The van der Waals surface area contributed by atoms with Crippen molar-refractivity contribution in [1.29, 1.82) is 0 Å². The van der Waals surface area contributed by atoms with Crippen LogP contribution in [0.4, 0.5) is 0 Å². The van der Waals surface area contributed by atoms with Gasteiger partial charge in [-0.25, -0.2) is 0 Å². The molecule has 52 valence electrons. The molecule has 0 saturated heterocycles. The Morgan fingerprint density at radius 1 is 1.11 bits per heavy atom. The SMILES string of the molecule is OC1CC/C=C/CCC1. The van der Waals surface area contributed by atoms with E-state index in [1.807, 2.05) is 0 Å². The number of aliphatic hydroxyl groups is 1. The Labute approximate surface area is 56.4 Å². The molecule has 0 aromatic rings. The maximum Gasteiger partial charge on any atom is 0.0543 e. The average molecular weight is 126 g/mol. The van der Waals surface area contributed by atoms with E-state index in [9.17, 15) is 5.11 Å². The molecule has 0 bridgehead atoms. The molecule has 1 nitrogen and oxygen atoms in total. The summed E-state index contributed by atoms with van der Waals surface area (Å²) in [6, 6.07) is 0.